The minimum atomic E-state index is -3.68. The molecule has 1 unspecified atom stereocenters. The van der Waals surface area contributed by atoms with E-state index >= 15 is 0 Å². The molecular formula is C12H16N4O2S. The summed E-state index contributed by atoms with van der Waals surface area (Å²) in [4.78, 5) is -0.0343. The zero-order valence-electron chi connectivity index (χ0n) is 10.7. The van der Waals surface area contributed by atoms with E-state index in [1.807, 2.05) is 31.2 Å². The SMILES string of the molecule is Cc1ccccc1C(C)NS(=O)(=O)c1cn[nH]c1N. The molecule has 0 aliphatic heterocycles. The highest BCUT2D eigenvalue weighted by atomic mass is 32.2. The quantitative estimate of drug-likeness (QED) is 0.786. The Morgan fingerprint density at radius 2 is 2.05 bits per heavy atom. The fraction of sp³-hybridized carbons (Fsp3) is 0.250. The lowest BCUT2D eigenvalue weighted by Crippen LogP contribution is -2.27. The highest BCUT2D eigenvalue weighted by Crippen LogP contribution is 2.21. The van der Waals surface area contributed by atoms with Gasteiger partial charge in [0.15, 0.2) is 0 Å². The summed E-state index contributed by atoms with van der Waals surface area (Å²) >= 11 is 0. The Morgan fingerprint density at radius 3 is 2.63 bits per heavy atom. The van der Waals surface area contributed by atoms with Gasteiger partial charge in [0.05, 0.1) is 6.20 Å². The van der Waals surface area contributed by atoms with E-state index < -0.39 is 10.0 Å². The molecule has 0 radical (unpaired) electrons. The van der Waals surface area contributed by atoms with Crippen LogP contribution >= 0.6 is 0 Å². The molecule has 1 aromatic heterocycles. The highest BCUT2D eigenvalue weighted by Gasteiger charge is 2.22. The molecule has 0 amide bonds. The Bertz CT molecular complexity index is 679. The zero-order valence-corrected chi connectivity index (χ0v) is 11.5. The van der Waals surface area contributed by atoms with E-state index in [1.54, 1.807) is 6.92 Å². The van der Waals surface area contributed by atoms with Crippen molar-refractivity contribution in [2.24, 2.45) is 0 Å². The van der Waals surface area contributed by atoms with Gasteiger partial charge in [-0.1, -0.05) is 24.3 Å². The van der Waals surface area contributed by atoms with Gasteiger partial charge < -0.3 is 5.73 Å². The Morgan fingerprint density at radius 1 is 1.37 bits per heavy atom. The molecule has 1 heterocycles. The molecule has 19 heavy (non-hydrogen) atoms. The van der Waals surface area contributed by atoms with Crippen LogP contribution in [0.25, 0.3) is 0 Å². The van der Waals surface area contributed by atoms with Crippen molar-refractivity contribution < 1.29 is 8.42 Å². The first kappa shape index (κ1) is 13.6. The van der Waals surface area contributed by atoms with Crippen molar-refractivity contribution in [2.75, 3.05) is 5.73 Å². The second-order valence-corrected chi connectivity index (χ2v) is 6.03. The second-order valence-electron chi connectivity index (χ2n) is 4.35. The number of benzene rings is 1. The Labute approximate surface area is 112 Å². The number of aromatic amines is 1. The molecule has 0 fully saturated rings. The molecule has 0 aliphatic carbocycles. The van der Waals surface area contributed by atoms with Gasteiger partial charge in [-0.05, 0) is 25.0 Å². The molecule has 0 saturated heterocycles. The van der Waals surface area contributed by atoms with Crippen molar-refractivity contribution in [1.82, 2.24) is 14.9 Å². The number of hydrogen-bond acceptors (Lipinski definition) is 4. The maximum Gasteiger partial charge on any atom is 0.246 e. The topological polar surface area (TPSA) is 101 Å². The zero-order chi connectivity index (χ0) is 14.0. The molecule has 0 bridgehead atoms. The Hall–Kier alpha value is -1.86. The summed E-state index contributed by atoms with van der Waals surface area (Å²) in [7, 11) is -3.68. The highest BCUT2D eigenvalue weighted by molar-refractivity contribution is 7.89. The van der Waals surface area contributed by atoms with Gasteiger partial charge in [-0.3, -0.25) is 5.10 Å². The van der Waals surface area contributed by atoms with Gasteiger partial charge in [-0.25, -0.2) is 13.1 Å². The van der Waals surface area contributed by atoms with Gasteiger partial charge in [0.1, 0.15) is 10.7 Å². The Balaban J connectivity index is 2.27. The van der Waals surface area contributed by atoms with Crippen LogP contribution in [0, 0.1) is 6.92 Å². The molecular weight excluding hydrogens is 264 g/mol. The van der Waals surface area contributed by atoms with Crippen molar-refractivity contribution in [2.45, 2.75) is 24.8 Å². The first-order valence-corrected chi connectivity index (χ1v) is 7.27. The summed E-state index contributed by atoms with van der Waals surface area (Å²) in [5.74, 6) is 0.0319. The van der Waals surface area contributed by atoms with Crippen molar-refractivity contribution in [3.8, 4) is 0 Å². The van der Waals surface area contributed by atoms with Gasteiger partial charge in [-0.2, -0.15) is 5.10 Å². The Kier molecular flexibility index (Phi) is 3.59. The average Bonchev–Trinajstić information content (AvgIpc) is 2.76. The van der Waals surface area contributed by atoms with Gasteiger partial charge in [-0.15, -0.1) is 0 Å². The first-order chi connectivity index (χ1) is 8.92. The molecule has 7 heteroatoms. The van der Waals surface area contributed by atoms with Crippen LogP contribution < -0.4 is 10.5 Å². The predicted octanol–water partition coefficient (Wildman–Crippen LogP) is 1.34. The maximum atomic E-state index is 12.2. The monoisotopic (exact) mass is 280 g/mol. The molecule has 2 rings (SSSR count). The number of hydrogen-bond donors (Lipinski definition) is 3. The van der Waals surface area contributed by atoms with E-state index in [1.165, 1.54) is 6.20 Å². The van der Waals surface area contributed by atoms with E-state index in [9.17, 15) is 8.42 Å². The lowest BCUT2D eigenvalue weighted by molar-refractivity contribution is 0.567. The number of nitrogens with zero attached hydrogens (tertiary/aromatic N) is 1. The molecule has 1 aromatic carbocycles. The van der Waals surface area contributed by atoms with Crippen LogP contribution in [0.15, 0.2) is 35.4 Å². The summed E-state index contributed by atoms with van der Waals surface area (Å²) in [6, 6.07) is 7.27. The van der Waals surface area contributed by atoms with Crippen LogP contribution in [0.4, 0.5) is 5.82 Å². The minimum absolute atomic E-state index is 0.0319. The summed E-state index contributed by atoms with van der Waals surface area (Å²) in [6.45, 7) is 3.72. The molecule has 1 atom stereocenters. The minimum Gasteiger partial charge on any atom is -0.383 e. The van der Waals surface area contributed by atoms with Crippen molar-refractivity contribution in [3.63, 3.8) is 0 Å². The van der Waals surface area contributed by atoms with E-state index in [-0.39, 0.29) is 16.8 Å². The van der Waals surface area contributed by atoms with Crippen LogP contribution in [0.3, 0.4) is 0 Å². The summed E-state index contributed by atoms with van der Waals surface area (Å²) in [5, 5.41) is 6.02. The van der Waals surface area contributed by atoms with Crippen molar-refractivity contribution >= 4 is 15.8 Å². The van der Waals surface area contributed by atoms with E-state index in [0.29, 0.717) is 0 Å². The standard InChI is InChI=1S/C12H16N4O2S/c1-8-5-3-4-6-10(8)9(2)16-19(17,18)11-7-14-15-12(11)13/h3-7,9,16H,1-2H3,(H3,13,14,15). The molecule has 0 spiro atoms. The lowest BCUT2D eigenvalue weighted by atomic mass is 10.0. The van der Waals surface area contributed by atoms with Gasteiger partial charge in [0.2, 0.25) is 10.0 Å². The van der Waals surface area contributed by atoms with Crippen molar-refractivity contribution in [1.29, 1.82) is 0 Å². The number of nitrogens with one attached hydrogen (secondary N) is 2. The third-order valence-corrected chi connectivity index (χ3v) is 4.48. The van der Waals surface area contributed by atoms with Crippen LogP contribution in [-0.4, -0.2) is 18.6 Å². The number of H-pyrrole nitrogens is 1. The molecule has 6 nitrogen and oxygen atoms in total. The second kappa shape index (κ2) is 5.02. The van der Waals surface area contributed by atoms with Gasteiger partial charge in [0.25, 0.3) is 0 Å². The van der Waals surface area contributed by atoms with Crippen LogP contribution in [-0.2, 0) is 10.0 Å². The lowest BCUT2D eigenvalue weighted by Gasteiger charge is -2.16. The van der Waals surface area contributed by atoms with E-state index in [2.05, 4.69) is 14.9 Å². The van der Waals surface area contributed by atoms with Crippen LogP contribution in [0.5, 0.6) is 0 Å². The van der Waals surface area contributed by atoms with E-state index in [4.69, 9.17) is 5.73 Å². The number of anilines is 1. The fourth-order valence-corrected chi connectivity index (χ4v) is 3.18. The maximum absolute atomic E-state index is 12.2. The van der Waals surface area contributed by atoms with E-state index in [0.717, 1.165) is 11.1 Å². The normalized spacial score (nSPS) is 13.4. The molecule has 4 N–H and O–H groups in total. The molecule has 2 aromatic rings. The van der Waals surface area contributed by atoms with Gasteiger partial charge in [0, 0.05) is 6.04 Å². The summed E-state index contributed by atoms with van der Waals surface area (Å²) in [6.07, 6.45) is 1.20. The van der Waals surface area contributed by atoms with Crippen LogP contribution in [0.1, 0.15) is 24.1 Å². The molecule has 0 saturated carbocycles. The number of aromatic nitrogens is 2. The fourth-order valence-electron chi connectivity index (χ4n) is 1.93. The largest absolute Gasteiger partial charge is 0.383 e. The summed E-state index contributed by atoms with van der Waals surface area (Å²) in [5.41, 5.74) is 7.48. The number of aryl methyl sites for hydroxylation is 1. The smallest absolute Gasteiger partial charge is 0.246 e. The van der Waals surface area contributed by atoms with Crippen molar-refractivity contribution in [3.05, 3.63) is 41.6 Å². The number of nitrogens with two attached hydrogens (primary N) is 1. The first-order valence-electron chi connectivity index (χ1n) is 5.78. The number of rotatable bonds is 4. The summed E-state index contributed by atoms with van der Waals surface area (Å²) < 4.78 is 26.9. The number of nitrogen functional groups attached to an aromatic ring is 1. The average molecular weight is 280 g/mol. The van der Waals surface area contributed by atoms with Crippen LogP contribution in [0.2, 0.25) is 0 Å². The predicted molar refractivity (Wildman–Crippen MR) is 72.9 cm³/mol. The third kappa shape index (κ3) is 2.77. The van der Waals surface area contributed by atoms with Gasteiger partial charge >= 0.3 is 0 Å². The molecule has 0 aliphatic rings. The molecule has 102 valence electrons. The third-order valence-electron chi connectivity index (χ3n) is 2.91. The number of sulfonamides is 1.